The van der Waals surface area contributed by atoms with Gasteiger partial charge in [0.15, 0.2) is 0 Å². The van der Waals surface area contributed by atoms with Crippen molar-refractivity contribution in [2.45, 2.75) is 26.4 Å². The molecule has 0 atom stereocenters. The molecule has 0 radical (unpaired) electrons. The molecule has 17 heavy (non-hydrogen) atoms. The number of benzene rings is 1. The number of hydrogen-bond acceptors (Lipinski definition) is 1. The molecule has 0 fully saturated rings. The normalized spacial score (nSPS) is 11.4. The van der Waals surface area contributed by atoms with E-state index in [2.05, 4.69) is 5.32 Å². The Morgan fingerprint density at radius 3 is 2.47 bits per heavy atom. The van der Waals surface area contributed by atoms with E-state index in [1.54, 1.807) is 0 Å². The van der Waals surface area contributed by atoms with Crippen LogP contribution in [0.1, 0.15) is 34.8 Å². The van der Waals surface area contributed by atoms with Gasteiger partial charge in [0.2, 0.25) is 0 Å². The Hall–Kier alpha value is -1.52. The molecular formula is C12H14F3NO. The number of hydrogen-bond donors (Lipinski definition) is 1. The highest BCUT2D eigenvalue weighted by atomic mass is 19.4. The molecule has 0 aliphatic carbocycles. The van der Waals surface area contributed by atoms with Crippen LogP contribution < -0.4 is 5.32 Å². The summed E-state index contributed by atoms with van der Waals surface area (Å²) in [6, 6.07) is 3.34. The third-order valence-electron chi connectivity index (χ3n) is 2.20. The zero-order valence-corrected chi connectivity index (χ0v) is 9.69. The summed E-state index contributed by atoms with van der Waals surface area (Å²) in [4.78, 5) is 11.6. The van der Waals surface area contributed by atoms with Gasteiger partial charge in [-0.2, -0.15) is 13.2 Å². The van der Waals surface area contributed by atoms with Crippen LogP contribution in [0.3, 0.4) is 0 Å². The Labute approximate surface area is 97.8 Å². The van der Waals surface area contributed by atoms with E-state index in [-0.39, 0.29) is 5.56 Å². The molecule has 1 N–H and O–H groups in total. The Morgan fingerprint density at radius 1 is 1.29 bits per heavy atom. The van der Waals surface area contributed by atoms with E-state index in [9.17, 15) is 18.0 Å². The Kier molecular flexibility index (Phi) is 4.15. The molecule has 0 spiro atoms. The molecular weight excluding hydrogens is 231 g/mol. The number of carbonyl (C=O) groups excluding carboxylic acids is 1. The molecule has 2 nitrogen and oxygen atoms in total. The summed E-state index contributed by atoms with van der Waals surface area (Å²) in [6.07, 6.45) is -3.69. The van der Waals surface area contributed by atoms with E-state index in [0.29, 0.717) is 12.1 Å². The standard InChI is InChI=1S/C12H14F3NO/c1-3-4-16-11(17)9-5-8(2)6-10(7-9)12(13,14)15/h5-7H,3-4H2,1-2H3,(H,16,17). The summed E-state index contributed by atoms with van der Waals surface area (Å²) in [5.74, 6) is -0.471. The van der Waals surface area contributed by atoms with Crippen molar-refractivity contribution in [2.75, 3.05) is 6.54 Å². The van der Waals surface area contributed by atoms with Gasteiger partial charge in [-0.15, -0.1) is 0 Å². The van der Waals surface area contributed by atoms with E-state index in [1.807, 2.05) is 6.92 Å². The summed E-state index contributed by atoms with van der Waals surface area (Å²) in [7, 11) is 0. The van der Waals surface area contributed by atoms with Gasteiger partial charge < -0.3 is 5.32 Å². The first-order valence-electron chi connectivity index (χ1n) is 5.31. The van der Waals surface area contributed by atoms with Gasteiger partial charge in [0.1, 0.15) is 0 Å². The lowest BCUT2D eigenvalue weighted by Crippen LogP contribution is -2.24. The van der Waals surface area contributed by atoms with E-state index >= 15 is 0 Å². The SMILES string of the molecule is CCCNC(=O)c1cc(C)cc(C(F)(F)F)c1. The van der Waals surface area contributed by atoms with Crippen LogP contribution in [0.15, 0.2) is 18.2 Å². The van der Waals surface area contributed by atoms with Crippen molar-refractivity contribution in [1.29, 1.82) is 0 Å². The molecule has 0 aliphatic rings. The van der Waals surface area contributed by atoms with Gasteiger partial charge in [-0.05, 0) is 37.1 Å². The minimum absolute atomic E-state index is 0.0470. The predicted molar refractivity (Wildman–Crippen MR) is 58.8 cm³/mol. The van der Waals surface area contributed by atoms with Crippen LogP contribution in [0.5, 0.6) is 0 Å². The van der Waals surface area contributed by atoms with Gasteiger partial charge >= 0.3 is 6.18 Å². The topological polar surface area (TPSA) is 29.1 Å². The highest BCUT2D eigenvalue weighted by Gasteiger charge is 2.31. The average Bonchev–Trinajstić information content (AvgIpc) is 2.23. The maximum Gasteiger partial charge on any atom is 0.416 e. The number of aryl methyl sites for hydroxylation is 1. The van der Waals surface area contributed by atoms with Gasteiger partial charge in [-0.25, -0.2) is 0 Å². The quantitative estimate of drug-likeness (QED) is 0.870. The molecule has 0 heterocycles. The maximum absolute atomic E-state index is 12.5. The monoisotopic (exact) mass is 245 g/mol. The summed E-state index contributed by atoms with van der Waals surface area (Å²) in [5.41, 5.74) is -0.327. The van der Waals surface area contributed by atoms with Crippen molar-refractivity contribution in [3.8, 4) is 0 Å². The molecule has 1 aromatic rings. The number of carbonyl (C=O) groups is 1. The zero-order valence-electron chi connectivity index (χ0n) is 9.69. The van der Waals surface area contributed by atoms with Gasteiger partial charge in [0.25, 0.3) is 5.91 Å². The van der Waals surface area contributed by atoms with Crippen molar-refractivity contribution in [3.63, 3.8) is 0 Å². The van der Waals surface area contributed by atoms with E-state index in [1.165, 1.54) is 13.0 Å². The minimum atomic E-state index is -4.42. The van der Waals surface area contributed by atoms with E-state index in [4.69, 9.17) is 0 Å². The van der Waals surface area contributed by atoms with Crippen LogP contribution in [0, 0.1) is 6.92 Å². The fourth-order valence-electron chi connectivity index (χ4n) is 1.42. The summed E-state index contributed by atoms with van der Waals surface area (Å²) >= 11 is 0. The zero-order chi connectivity index (χ0) is 13.1. The van der Waals surface area contributed by atoms with Crippen molar-refractivity contribution < 1.29 is 18.0 Å². The Morgan fingerprint density at radius 2 is 1.94 bits per heavy atom. The lowest BCUT2D eigenvalue weighted by molar-refractivity contribution is -0.137. The molecule has 0 saturated carbocycles. The first-order chi connectivity index (χ1) is 7.84. The second kappa shape index (κ2) is 5.21. The molecule has 0 bridgehead atoms. The molecule has 0 aliphatic heterocycles. The van der Waals surface area contributed by atoms with Crippen molar-refractivity contribution in [3.05, 3.63) is 34.9 Å². The van der Waals surface area contributed by atoms with Crippen LogP contribution in [-0.4, -0.2) is 12.5 Å². The van der Waals surface area contributed by atoms with Crippen LogP contribution in [0.25, 0.3) is 0 Å². The van der Waals surface area contributed by atoms with Crippen molar-refractivity contribution in [2.24, 2.45) is 0 Å². The van der Waals surface area contributed by atoms with Crippen LogP contribution >= 0.6 is 0 Å². The minimum Gasteiger partial charge on any atom is -0.352 e. The number of rotatable bonds is 3. The first kappa shape index (κ1) is 13.5. The molecule has 94 valence electrons. The largest absolute Gasteiger partial charge is 0.416 e. The van der Waals surface area contributed by atoms with E-state index < -0.39 is 17.6 Å². The molecule has 1 amide bonds. The second-order valence-corrected chi connectivity index (χ2v) is 3.84. The van der Waals surface area contributed by atoms with Gasteiger partial charge in [-0.3, -0.25) is 4.79 Å². The Balaban J connectivity index is 3.01. The van der Waals surface area contributed by atoms with Crippen LogP contribution in [0.4, 0.5) is 13.2 Å². The molecule has 0 aromatic heterocycles. The second-order valence-electron chi connectivity index (χ2n) is 3.84. The fourth-order valence-corrected chi connectivity index (χ4v) is 1.42. The molecule has 1 aromatic carbocycles. The smallest absolute Gasteiger partial charge is 0.352 e. The number of alkyl halides is 3. The van der Waals surface area contributed by atoms with Gasteiger partial charge in [0, 0.05) is 12.1 Å². The number of amides is 1. The molecule has 5 heteroatoms. The molecule has 0 saturated heterocycles. The van der Waals surface area contributed by atoms with Crippen molar-refractivity contribution in [1.82, 2.24) is 5.32 Å². The average molecular weight is 245 g/mol. The summed E-state index contributed by atoms with van der Waals surface area (Å²) in [5, 5.41) is 2.55. The third-order valence-corrected chi connectivity index (χ3v) is 2.20. The van der Waals surface area contributed by atoms with Crippen LogP contribution in [0.2, 0.25) is 0 Å². The Bertz CT molecular complexity index is 413. The first-order valence-corrected chi connectivity index (χ1v) is 5.31. The summed E-state index contributed by atoms with van der Waals surface area (Å²) < 4.78 is 37.6. The van der Waals surface area contributed by atoms with Gasteiger partial charge in [0.05, 0.1) is 5.56 Å². The lowest BCUT2D eigenvalue weighted by atomic mass is 10.1. The van der Waals surface area contributed by atoms with E-state index in [0.717, 1.165) is 18.6 Å². The highest BCUT2D eigenvalue weighted by Crippen LogP contribution is 2.30. The predicted octanol–water partition coefficient (Wildman–Crippen LogP) is 3.15. The maximum atomic E-state index is 12.5. The number of nitrogens with one attached hydrogen (secondary N) is 1. The summed E-state index contributed by atoms with van der Waals surface area (Å²) in [6.45, 7) is 3.86. The highest BCUT2D eigenvalue weighted by molar-refractivity contribution is 5.94. The fraction of sp³-hybridized carbons (Fsp3) is 0.417. The molecule has 0 unspecified atom stereocenters. The number of halogens is 3. The molecule has 1 rings (SSSR count). The van der Waals surface area contributed by atoms with Crippen molar-refractivity contribution >= 4 is 5.91 Å². The third kappa shape index (κ3) is 3.76. The van der Waals surface area contributed by atoms with Crippen LogP contribution in [-0.2, 0) is 6.18 Å². The lowest BCUT2D eigenvalue weighted by Gasteiger charge is -2.10. The van der Waals surface area contributed by atoms with Gasteiger partial charge in [-0.1, -0.05) is 6.92 Å².